The van der Waals surface area contributed by atoms with Crippen LogP contribution < -0.4 is 5.73 Å². The molecule has 0 amide bonds. The predicted octanol–water partition coefficient (Wildman–Crippen LogP) is 1.06. The van der Waals surface area contributed by atoms with E-state index in [0.29, 0.717) is 18.0 Å². The summed E-state index contributed by atoms with van der Waals surface area (Å²) in [5, 5.41) is 0. The van der Waals surface area contributed by atoms with E-state index in [1.165, 1.54) is 19.5 Å². The van der Waals surface area contributed by atoms with Crippen molar-refractivity contribution in [3.8, 4) is 0 Å². The Labute approximate surface area is 69.8 Å². The van der Waals surface area contributed by atoms with Crippen molar-refractivity contribution in [3.05, 3.63) is 0 Å². The van der Waals surface area contributed by atoms with Gasteiger partial charge in [0, 0.05) is 18.6 Å². The van der Waals surface area contributed by atoms with E-state index in [-0.39, 0.29) is 0 Å². The minimum Gasteiger partial charge on any atom is -0.327 e. The van der Waals surface area contributed by atoms with Crippen molar-refractivity contribution in [1.82, 2.24) is 4.90 Å². The molecule has 2 nitrogen and oxygen atoms in total. The molecule has 0 aliphatic carbocycles. The van der Waals surface area contributed by atoms with Gasteiger partial charge in [0.1, 0.15) is 0 Å². The molecule has 0 aromatic heterocycles. The lowest BCUT2D eigenvalue weighted by atomic mass is 9.94. The van der Waals surface area contributed by atoms with E-state index < -0.39 is 0 Å². The second-order valence-electron chi connectivity index (χ2n) is 4.02. The van der Waals surface area contributed by atoms with Crippen LogP contribution >= 0.6 is 0 Å². The van der Waals surface area contributed by atoms with Gasteiger partial charge in [-0.2, -0.15) is 0 Å². The molecular weight excluding hydrogens is 136 g/mol. The van der Waals surface area contributed by atoms with Gasteiger partial charge in [0.05, 0.1) is 0 Å². The summed E-state index contributed by atoms with van der Waals surface area (Å²) in [6.07, 6.45) is 1.17. The van der Waals surface area contributed by atoms with E-state index in [4.69, 9.17) is 5.73 Å². The van der Waals surface area contributed by atoms with Gasteiger partial charge >= 0.3 is 0 Å². The van der Waals surface area contributed by atoms with Crippen molar-refractivity contribution in [2.45, 2.75) is 39.3 Å². The Hall–Kier alpha value is -0.0800. The van der Waals surface area contributed by atoms with Crippen LogP contribution in [0.25, 0.3) is 0 Å². The standard InChI is InChI=1S/C9H20N2/c1-7(2)11-5-4-9(10)8(3)6-11/h7-9H,4-6,10H2,1-3H3/t8-,9?/m0/s1. The maximum atomic E-state index is 5.91. The highest BCUT2D eigenvalue weighted by Crippen LogP contribution is 2.16. The number of piperidine rings is 1. The van der Waals surface area contributed by atoms with Crippen LogP contribution in [-0.2, 0) is 0 Å². The van der Waals surface area contributed by atoms with E-state index in [1.807, 2.05) is 0 Å². The van der Waals surface area contributed by atoms with Gasteiger partial charge < -0.3 is 10.6 Å². The summed E-state index contributed by atoms with van der Waals surface area (Å²) in [5.41, 5.74) is 5.91. The quantitative estimate of drug-likeness (QED) is 0.615. The van der Waals surface area contributed by atoms with Gasteiger partial charge in [-0.25, -0.2) is 0 Å². The monoisotopic (exact) mass is 156 g/mol. The third kappa shape index (κ3) is 2.17. The SMILES string of the molecule is CC(C)N1CCC(N)[C@@H](C)C1. The summed E-state index contributed by atoms with van der Waals surface area (Å²) in [6.45, 7) is 9.12. The molecule has 2 N–H and O–H groups in total. The molecular formula is C9H20N2. The second-order valence-corrected chi connectivity index (χ2v) is 4.02. The molecule has 0 aromatic rings. The van der Waals surface area contributed by atoms with Crippen molar-refractivity contribution in [2.75, 3.05) is 13.1 Å². The highest BCUT2D eigenvalue weighted by atomic mass is 15.2. The zero-order valence-electron chi connectivity index (χ0n) is 7.88. The van der Waals surface area contributed by atoms with Gasteiger partial charge in [-0.05, 0) is 32.7 Å². The van der Waals surface area contributed by atoms with Crippen molar-refractivity contribution in [3.63, 3.8) is 0 Å². The summed E-state index contributed by atoms with van der Waals surface area (Å²) < 4.78 is 0. The van der Waals surface area contributed by atoms with E-state index in [0.717, 1.165) is 0 Å². The highest BCUT2D eigenvalue weighted by Gasteiger charge is 2.23. The second kappa shape index (κ2) is 3.55. The molecule has 1 rings (SSSR count). The third-order valence-electron chi connectivity index (χ3n) is 2.73. The average molecular weight is 156 g/mol. The fourth-order valence-corrected chi connectivity index (χ4v) is 1.67. The van der Waals surface area contributed by atoms with E-state index in [1.54, 1.807) is 0 Å². The first-order valence-electron chi connectivity index (χ1n) is 4.61. The van der Waals surface area contributed by atoms with Crippen LogP contribution in [0, 0.1) is 5.92 Å². The van der Waals surface area contributed by atoms with Crippen LogP contribution in [0.2, 0.25) is 0 Å². The predicted molar refractivity (Wildman–Crippen MR) is 48.5 cm³/mol. The molecule has 66 valence electrons. The molecule has 1 heterocycles. The zero-order chi connectivity index (χ0) is 8.43. The number of hydrogen-bond acceptors (Lipinski definition) is 2. The van der Waals surface area contributed by atoms with Crippen LogP contribution in [0.4, 0.5) is 0 Å². The van der Waals surface area contributed by atoms with Gasteiger partial charge in [0.25, 0.3) is 0 Å². The van der Waals surface area contributed by atoms with Crippen LogP contribution in [0.1, 0.15) is 27.2 Å². The van der Waals surface area contributed by atoms with Gasteiger partial charge in [0.2, 0.25) is 0 Å². The van der Waals surface area contributed by atoms with Crippen molar-refractivity contribution >= 4 is 0 Å². The fraction of sp³-hybridized carbons (Fsp3) is 1.00. The molecule has 0 spiro atoms. The maximum Gasteiger partial charge on any atom is 0.00889 e. The van der Waals surface area contributed by atoms with E-state index >= 15 is 0 Å². The Morgan fingerprint density at radius 2 is 2.09 bits per heavy atom. The first kappa shape index (κ1) is 9.01. The molecule has 1 aliphatic heterocycles. The lowest BCUT2D eigenvalue weighted by molar-refractivity contribution is 0.132. The van der Waals surface area contributed by atoms with E-state index in [2.05, 4.69) is 25.7 Å². The van der Waals surface area contributed by atoms with Crippen molar-refractivity contribution < 1.29 is 0 Å². The lowest BCUT2D eigenvalue weighted by Gasteiger charge is -2.37. The van der Waals surface area contributed by atoms with Crippen molar-refractivity contribution in [1.29, 1.82) is 0 Å². The van der Waals surface area contributed by atoms with E-state index in [9.17, 15) is 0 Å². The third-order valence-corrected chi connectivity index (χ3v) is 2.73. The molecule has 1 unspecified atom stereocenters. The molecule has 1 aliphatic rings. The first-order valence-corrected chi connectivity index (χ1v) is 4.61. The van der Waals surface area contributed by atoms with Crippen LogP contribution in [0.3, 0.4) is 0 Å². The summed E-state index contributed by atoms with van der Waals surface area (Å²) in [5.74, 6) is 0.672. The van der Waals surface area contributed by atoms with Gasteiger partial charge in [0.15, 0.2) is 0 Å². The number of likely N-dealkylation sites (tertiary alicyclic amines) is 1. The Balaban J connectivity index is 2.40. The molecule has 1 saturated heterocycles. The zero-order valence-corrected chi connectivity index (χ0v) is 7.88. The van der Waals surface area contributed by atoms with Crippen LogP contribution in [-0.4, -0.2) is 30.1 Å². The highest BCUT2D eigenvalue weighted by molar-refractivity contribution is 4.81. The Morgan fingerprint density at radius 3 is 2.55 bits per heavy atom. The molecule has 2 heteroatoms. The van der Waals surface area contributed by atoms with Crippen molar-refractivity contribution in [2.24, 2.45) is 11.7 Å². The van der Waals surface area contributed by atoms with Gasteiger partial charge in [-0.15, -0.1) is 0 Å². The topological polar surface area (TPSA) is 29.3 Å². The molecule has 0 bridgehead atoms. The minimum absolute atomic E-state index is 0.435. The summed E-state index contributed by atoms with van der Waals surface area (Å²) in [7, 11) is 0. The van der Waals surface area contributed by atoms with Crippen LogP contribution in [0.15, 0.2) is 0 Å². The normalized spacial score (nSPS) is 34.6. The molecule has 0 radical (unpaired) electrons. The Morgan fingerprint density at radius 1 is 1.45 bits per heavy atom. The lowest BCUT2D eigenvalue weighted by Crippen LogP contribution is -2.48. The van der Waals surface area contributed by atoms with Crippen LogP contribution in [0.5, 0.6) is 0 Å². The minimum atomic E-state index is 0.435. The Kier molecular flexibility index (Phi) is 2.90. The fourth-order valence-electron chi connectivity index (χ4n) is 1.67. The summed E-state index contributed by atoms with van der Waals surface area (Å²) in [4.78, 5) is 2.51. The molecule has 1 fully saturated rings. The number of hydrogen-bond donors (Lipinski definition) is 1. The number of rotatable bonds is 1. The molecule has 0 saturated carbocycles. The smallest absolute Gasteiger partial charge is 0.00889 e. The van der Waals surface area contributed by atoms with Gasteiger partial charge in [-0.1, -0.05) is 6.92 Å². The average Bonchev–Trinajstić information content (AvgIpc) is 1.94. The summed E-state index contributed by atoms with van der Waals surface area (Å²) in [6, 6.07) is 1.12. The molecule has 11 heavy (non-hydrogen) atoms. The summed E-state index contributed by atoms with van der Waals surface area (Å²) >= 11 is 0. The Bertz CT molecular complexity index is 123. The molecule has 2 atom stereocenters. The molecule has 0 aromatic carbocycles. The largest absolute Gasteiger partial charge is 0.327 e. The maximum absolute atomic E-state index is 5.91. The number of nitrogens with zero attached hydrogens (tertiary/aromatic N) is 1. The van der Waals surface area contributed by atoms with Gasteiger partial charge in [-0.3, -0.25) is 0 Å². The first-order chi connectivity index (χ1) is 5.11. The number of nitrogens with two attached hydrogens (primary N) is 1.